The number of nitrogens with two attached hydrogens (primary N) is 1. The van der Waals surface area contributed by atoms with Gasteiger partial charge in [0.1, 0.15) is 11.9 Å². The lowest BCUT2D eigenvalue weighted by molar-refractivity contribution is -0.137. The van der Waals surface area contributed by atoms with Gasteiger partial charge < -0.3 is 16.0 Å². The Balaban J connectivity index is 1.96. The Hall–Kier alpha value is -2.62. The third kappa shape index (κ3) is 3.50. The molecule has 0 fully saturated rings. The van der Waals surface area contributed by atoms with Crippen LogP contribution in [0.4, 0.5) is 28.0 Å². The van der Waals surface area contributed by atoms with Crippen molar-refractivity contribution in [1.82, 2.24) is 5.32 Å². The van der Waals surface area contributed by atoms with E-state index < -0.39 is 42.1 Å². The summed E-state index contributed by atoms with van der Waals surface area (Å²) in [6.45, 7) is -0.394. The average Bonchev–Trinajstić information content (AvgIpc) is 2.99. The summed E-state index contributed by atoms with van der Waals surface area (Å²) in [7, 11) is 0. The lowest BCUT2D eigenvalue weighted by Gasteiger charge is -2.32. The number of carbonyl (C=O) groups excluding carboxylic acids is 2. The molecule has 26 heavy (non-hydrogen) atoms. The maximum atomic E-state index is 14.1. The van der Waals surface area contributed by atoms with Crippen molar-refractivity contribution < 1.29 is 27.2 Å². The number of primary amides is 1. The first-order chi connectivity index (χ1) is 12.2. The fraction of sp³-hybridized carbons (Fsp3) is 0.250. The van der Waals surface area contributed by atoms with Crippen LogP contribution in [-0.4, -0.2) is 18.0 Å². The Morgan fingerprint density at radius 2 is 2.08 bits per heavy atom. The van der Waals surface area contributed by atoms with Crippen LogP contribution in [-0.2, 0) is 23.9 Å². The number of thiophene rings is 1. The van der Waals surface area contributed by atoms with Crippen LogP contribution in [0.15, 0.2) is 29.6 Å². The Kier molecular flexibility index (Phi) is 4.61. The van der Waals surface area contributed by atoms with Gasteiger partial charge in [0.25, 0.3) is 0 Å². The Morgan fingerprint density at radius 3 is 2.73 bits per heavy atom. The standard InChI is InChI=1S/C16H13F4N3O2S/c17-10-2-1-9(16(18,19)20)5-8(10)7-23-12-3-4-26-13(12)6-11(14(23)24)22-15(21)25/h1-5,11H,6-7H2,(H3,21,22,25)/t11-/m1/s1. The molecule has 3 amide bonds. The molecule has 138 valence electrons. The van der Waals surface area contributed by atoms with Crippen molar-refractivity contribution in [2.75, 3.05) is 4.90 Å². The van der Waals surface area contributed by atoms with E-state index in [-0.39, 0.29) is 12.0 Å². The zero-order chi connectivity index (χ0) is 19.1. The summed E-state index contributed by atoms with van der Waals surface area (Å²) in [6, 6.07) is 1.83. The SMILES string of the molecule is NC(=O)N[C@@H]1Cc2sccc2N(Cc2cc(C(F)(F)F)ccc2F)C1=O. The first-order valence-corrected chi connectivity index (χ1v) is 8.34. The van der Waals surface area contributed by atoms with Gasteiger partial charge in [0.2, 0.25) is 5.91 Å². The van der Waals surface area contributed by atoms with E-state index in [1.807, 2.05) is 0 Å². The molecular weight excluding hydrogens is 374 g/mol. The minimum absolute atomic E-state index is 0.219. The minimum Gasteiger partial charge on any atom is -0.352 e. The second-order valence-corrected chi connectivity index (χ2v) is 6.72. The summed E-state index contributed by atoms with van der Waals surface area (Å²) < 4.78 is 52.7. The van der Waals surface area contributed by atoms with Gasteiger partial charge in [-0.25, -0.2) is 9.18 Å². The third-order valence-corrected chi connectivity index (χ3v) is 4.92. The highest BCUT2D eigenvalue weighted by Crippen LogP contribution is 2.35. The van der Waals surface area contributed by atoms with Crippen LogP contribution in [0.3, 0.4) is 0 Å². The van der Waals surface area contributed by atoms with Crippen molar-refractivity contribution in [3.05, 3.63) is 51.5 Å². The quantitative estimate of drug-likeness (QED) is 0.795. The second kappa shape index (κ2) is 6.60. The molecule has 1 aromatic carbocycles. The highest BCUT2D eigenvalue weighted by atomic mass is 32.1. The van der Waals surface area contributed by atoms with E-state index in [4.69, 9.17) is 5.73 Å². The van der Waals surface area contributed by atoms with Gasteiger partial charge in [0.05, 0.1) is 17.8 Å². The number of hydrogen-bond acceptors (Lipinski definition) is 3. The molecule has 0 unspecified atom stereocenters. The molecule has 1 aliphatic heterocycles. The zero-order valence-electron chi connectivity index (χ0n) is 13.1. The second-order valence-electron chi connectivity index (χ2n) is 5.72. The number of nitrogens with zero attached hydrogens (tertiary/aromatic N) is 1. The molecule has 1 aromatic heterocycles. The molecule has 0 radical (unpaired) electrons. The number of fused-ring (bicyclic) bond motifs is 1. The van der Waals surface area contributed by atoms with Crippen LogP contribution in [0.2, 0.25) is 0 Å². The largest absolute Gasteiger partial charge is 0.416 e. The fourth-order valence-corrected chi connectivity index (χ4v) is 3.72. The molecule has 0 saturated carbocycles. The lowest BCUT2D eigenvalue weighted by atomic mass is 10.0. The first-order valence-electron chi connectivity index (χ1n) is 7.46. The van der Waals surface area contributed by atoms with Crippen LogP contribution in [0.5, 0.6) is 0 Å². The maximum Gasteiger partial charge on any atom is 0.416 e. The molecule has 0 saturated heterocycles. The summed E-state index contributed by atoms with van der Waals surface area (Å²) in [4.78, 5) is 25.6. The Morgan fingerprint density at radius 1 is 1.35 bits per heavy atom. The van der Waals surface area contributed by atoms with Crippen molar-refractivity contribution >= 4 is 29.0 Å². The molecule has 2 aromatic rings. The van der Waals surface area contributed by atoms with Gasteiger partial charge in [-0.05, 0) is 29.6 Å². The normalized spacial score (nSPS) is 17.2. The zero-order valence-corrected chi connectivity index (χ0v) is 14.0. The minimum atomic E-state index is -4.63. The predicted molar refractivity (Wildman–Crippen MR) is 87.1 cm³/mol. The summed E-state index contributed by atoms with van der Waals surface area (Å²) in [6.07, 6.45) is -4.41. The van der Waals surface area contributed by atoms with Crippen LogP contribution in [0.1, 0.15) is 16.0 Å². The number of halogens is 4. The molecule has 2 heterocycles. The predicted octanol–water partition coefficient (Wildman–Crippen LogP) is 3.03. The summed E-state index contributed by atoms with van der Waals surface area (Å²) in [5, 5.41) is 4.02. The smallest absolute Gasteiger partial charge is 0.352 e. The highest BCUT2D eigenvalue weighted by molar-refractivity contribution is 7.10. The van der Waals surface area contributed by atoms with Crippen molar-refractivity contribution in [1.29, 1.82) is 0 Å². The Bertz CT molecular complexity index is 865. The molecule has 0 aliphatic carbocycles. The van der Waals surface area contributed by atoms with E-state index >= 15 is 0 Å². The van der Waals surface area contributed by atoms with E-state index in [0.717, 1.165) is 15.8 Å². The first kappa shape index (κ1) is 18.2. The monoisotopic (exact) mass is 387 g/mol. The molecular formula is C16H13F4N3O2S. The van der Waals surface area contributed by atoms with E-state index in [1.165, 1.54) is 11.3 Å². The molecule has 1 atom stereocenters. The van der Waals surface area contributed by atoms with Crippen LogP contribution < -0.4 is 16.0 Å². The Labute approximate surface area is 149 Å². The average molecular weight is 387 g/mol. The van der Waals surface area contributed by atoms with E-state index in [0.29, 0.717) is 17.8 Å². The van der Waals surface area contributed by atoms with Gasteiger partial charge in [-0.2, -0.15) is 13.2 Å². The van der Waals surface area contributed by atoms with Crippen LogP contribution in [0, 0.1) is 5.82 Å². The number of hydrogen-bond donors (Lipinski definition) is 2. The number of anilines is 1. The van der Waals surface area contributed by atoms with Crippen molar-refractivity contribution in [3.8, 4) is 0 Å². The molecule has 1 aliphatic rings. The number of alkyl halides is 3. The van der Waals surface area contributed by atoms with E-state index in [2.05, 4.69) is 5.32 Å². The number of carbonyl (C=O) groups is 2. The van der Waals surface area contributed by atoms with Gasteiger partial charge in [-0.15, -0.1) is 11.3 Å². The van der Waals surface area contributed by atoms with Crippen LogP contribution in [0.25, 0.3) is 0 Å². The van der Waals surface area contributed by atoms with Crippen molar-refractivity contribution in [3.63, 3.8) is 0 Å². The number of nitrogens with one attached hydrogen (secondary N) is 1. The molecule has 5 nitrogen and oxygen atoms in total. The lowest BCUT2D eigenvalue weighted by Crippen LogP contribution is -2.53. The summed E-state index contributed by atoms with van der Waals surface area (Å²) >= 11 is 1.32. The molecule has 10 heteroatoms. The van der Waals surface area contributed by atoms with Gasteiger partial charge in [0, 0.05) is 16.9 Å². The van der Waals surface area contributed by atoms with Gasteiger partial charge in [-0.1, -0.05) is 0 Å². The van der Waals surface area contributed by atoms with Gasteiger partial charge in [0.15, 0.2) is 0 Å². The number of amides is 3. The molecule has 0 spiro atoms. The summed E-state index contributed by atoms with van der Waals surface area (Å²) in [5.74, 6) is -1.42. The molecule has 3 N–H and O–H groups in total. The fourth-order valence-electron chi connectivity index (χ4n) is 2.80. The number of rotatable bonds is 3. The van der Waals surface area contributed by atoms with Crippen LogP contribution >= 0.6 is 11.3 Å². The summed E-state index contributed by atoms with van der Waals surface area (Å²) in [5.41, 5.74) is 4.28. The third-order valence-electron chi connectivity index (χ3n) is 3.98. The molecule has 0 bridgehead atoms. The van der Waals surface area contributed by atoms with Crippen molar-refractivity contribution in [2.24, 2.45) is 5.73 Å². The number of benzene rings is 1. The van der Waals surface area contributed by atoms with E-state index in [1.54, 1.807) is 11.4 Å². The van der Waals surface area contributed by atoms with Crippen molar-refractivity contribution in [2.45, 2.75) is 25.2 Å². The number of urea groups is 1. The topological polar surface area (TPSA) is 75.4 Å². The molecule has 3 rings (SSSR count). The maximum absolute atomic E-state index is 14.1. The van der Waals surface area contributed by atoms with Gasteiger partial charge >= 0.3 is 12.2 Å². The highest BCUT2D eigenvalue weighted by Gasteiger charge is 2.36. The van der Waals surface area contributed by atoms with Gasteiger partial charge in [-0.3, -0.25) is 4.79 Å². The van der Waals surface area contributed by atoms with E-state index in [9.17, 15) is 27.2 Å².